The molecule has 0 saturated heterocycles. The summed E-state index contributed by atoms with van der Waals surface area (Å²) in [5.74, 6) is 0.810. The predicted molar refractivity (Wildman–Crippen MR) is 86.4 cm³/mol. The summed E-state index contributed by atoms with van der Waals surface area (Å²) in [5.41, 5.74) is 1.07. The first kappa shape index (κ1) is 17.5. The number of rotatable bonds is 8. The summed E-state index contributed by atoms with van der Waals surface area (Å²) < 4.78 is 5.89. The van der Waals surface area contributed by atoms with Crippen molar-refractivity contribution in [2.24, 2.45) is 0 Å². The van der Waals surface area contributed by atoms with Crippen LogP contribution < -0.4 is 10.1 Å². The average molecular weight is 292 g/mol. The lowest BCUT2D eigenvalue weighted by Crippen LogP contribution is -2.40. The molecule has 1 N–H and O–H groups in total. The molecule has 0 aliphatic heterocycles. The van der Waals surface area contributed by atoms with Crippen molar-refractivity contribution in [3.05, 3.63) is 29.8 Å². The maximum Gasteiger partial charge on any atom is 0.263 e. The second-order valence-electron chi connectivity index (χ2n) is 5.41. The largest absolute Gasteiger partial charge is 0.481 e. The lowest BCUT2D eigenvalue weighted by Gasteiger charge is -2.24. The molecule has 0 aliphatic rings. The minimum Gasteiger partial charge on any atom is -0.481 e. The number of nitrogens with zero attached hydrogens (tertiary/aromatic N) is 1. The summed E-state index contributed by atoms with van der Waals surface area (Å²) in [6.45, 7) is 12.1. The molecule has 21 heavy (non-hydrogen) atoms. The fourth-order valence-corrected chi connectivity index (χ4v) is 2.11. The van der Waals surface area contributed by atoms with Crippen molar-refractivity contribution in [3.8, 4) is 5.75 Å². The number of carbonyl (C=O) groups excluding carboxylic acids is 1. The van der Waals surface area contributed by atoms with Gasteiger partial charge in [-0.3, -0.25) is 4.79 Å². The van der Waals surface area contributed by atoms with Crippen LogP contribution in [0.15, 0.2) is 24.3 Å². The number of hydrogen-bond acceptors (Lipinski definition) is 3. The fourth-order valence-electron chi connectivity index (χ4n) is 2.11. The molecule has 0 saturated carbocycles. The van der Waals surface area contributed by atoms with Gasteiger partial charge in [-0.15, -0.1) is 0 Å². The van der Waals surface area contributed by atoms with Crippen molar-refractivity contribution < 1.29 is 9.53 Å². The minimum atomic E-state index is -0.468. The molecule has 1 unspecified atom stereocenters. The highest BCUT2D eigenvalue weighted by Gasteiger charge is 2.20. The third-order valence-corrected chi connectivity index (χ3v) is 3.40. The predicted octanol–water partition coefficient (Wildman–Crippen LogP) is 2.82. The Balaban J connectivity index is 2.75. The van der Waals surface area contributed by atoms with Gasteiger partial charge >= 0.3 is 0 Å². The first-order valence-corrected chi connectivity index (χ1v) is 7.76. The number of amides is 1. The second kappa shape index (κ2) is 8.67. The molecular formula is C17H28N2O2. The van der Waals surface area contributed by atoms with E-state index >= 15 is 0 Å². The van der Waals surface area contributed by atoms with Gasteiger partial charge in [0.05, 0.1) is 0 Å². The van der Waals surface area contributed by atoms with E-state index in [-0.39, 0.29) is 5.91 Å². The number of hydrogen-bond donors (Lipinski definition) is 1. The van der Waals surface area contributed by atoms with Crippen LogP contribution in [0.3, 0.4) is 0 Å². The molecule has 1 aromatic rings. The molecule has 118 valence electrons. The zero-order valence-electron chi connectivity index (χ0n) is 13.8. The van der Waals surface area contributed by atoms with E-state index in [9.17, 15) is 4.79 Å². The topological polar surface area (TPSA) is 41.6 Å². The Morgan fingerprint density at radius 3 is 2.38 bits per heavy atom. The molecule has 0 radical (unpaired) electrons. The van der Waals surface area contributed by atoms with E-state index < -0.39 is 6.10 Å². The maximum atomic E-state index is 12.3. The van der Waals surface area contributed by atoms with Crippen molar-refractivity contribution in [2.75, 3.05) is 13.1 Å². The van der Waals surface area contributed by atoms with Gasteiger partial charge in [0.25, 0.3) is 5.91 Å². The summed E-state index contributed by atoms with van der Waals surface area (Å²) in [4.78, 5) is 14.1. The Hall–Kier alpha value is -1.55. The van der Waals surface area contributed by atoms with Crippen molar-refractivity contribution in [3.63, 3.8) is 0 Å². The Bertz CT molecular complexity index is 442. The molecule has 4 heteroatoms. The van der Waals surface area contributed by atoms with E-state index in [1.165, 1.54) is 0 Å². The van der Waals surface area contributed by atoms with Crippen LogP contribution in [0.2, 0.25) is 0 Å². The Labute approximate surface area is 128 Å². The zero-order chi connectivity index (χ0) is 15.8. The monoisotopic (exact) mass is 292 g/mol. The number of benzene rings is 1. The lowest BCUT2D eigenvalue weighted by atomic mass is 10.2. The minimum absolute atomic E-state index is 0.0339. The Kier molecular flexibility index (Phi) is 7.23. The number of ether oxygens (including phenoxy) is 1. The highest BCUT2D eigenvalue weighted by Crippen LogP contribution is 2.20. The smallest absolute Gasteiger partial charge is 0.263 e. The van der Waals surface area contributed by atoms with Crippen molar-refractivity contribution in [2.45, 2.75) is 53.3 Å². The SMILES string of the molecule is CCN(CC)C(=O)C(C)Oc1ccccc1CNC(C)C. The summed E-state index contributed by atoms with van der Waals surface area (Å²) in [7, 11) is 0. The first-order valence-electron chi connectivity index (χ1n) is 7.76. The summed E-state index contributed by atoms with van der Waals surface area (Å²) in [6.07, 6.45) is -0.468. The molecular weight excluding hydrogens is 264 g/mol. The highest BCUT2D eigenvalue weighted by atomic mass is 16.5. The number of carbonyl (C=O) groups is 1. The molecule has 1 amide bonds. The molecule has 0 fully saturated rings. The average Bonchev–Trinajstić information content (AvgIpc) is 2.47. The summed E-state index contributed by atoms with van der Waals surface area (Å²) in [6, 6.07) is 8.28. The number of nitrogens with one attached hydrogen (secondary N) is 1. The van der Waals surface area contributed by atoms with Crippen LogP contribution in [0, 0.1) is 0 Å². The van der Waals surface area contributed by atoms with Crippen LogP contribution in [0.25, 0.3) is 0 Å². The zero-order valence-corrected chi connectivity index (χ0v) is 13.8. The third kappa shape index (κ3) is 5.38. The van der Waals surface area contributed by atoms with E-state index in [4.69, 9.17) is 4.74 Å². The van der Waals surface area contributed by atoms with E-state index in [2.05, 4.69) is 19.2 Å². The molecule has 0 spiro atoms. The third-order valence-electron chi connectivity index (χ3n) is 3.40. The second-order valence-corrected chi connectivity index (χ2v) is 5.41. The van der Waals surface area contributed by atoms with Gasteiger partial charge in [-0.2, -0.15) is 0 Å². The molecule has 1 aromatic carbocycles. The van der Waals surface area contributed by atoms with Crippen molar-refractivity contribution in [1.29, 1.82) is 0 Å². The van der Waals surface area contributed by atoms with Crippen molar-refractivity contribution in [1.82, 2.24) is 10.2 Å². The normalized spacial score (nSPS) is 12.3. The van der Waals surface area contributed by atoms with Crippen LogP contribution in [0.4, 0.5) is 0 Å². The van der Waals surface area contributed by atoms with Crippen LogP contribution in [0.5, 0.6) is 5.75 Å². The summed E-state index contributed by atoms with van der Waals surface area (Å²) in [5, 5.41) is 3.37. The molecule has 4 nitrogen and oxygen atoms in total. The molecule has 0 aromatic heterocycles. The fraction of sp³-hybridized carbons (Fsp3) is 0.588. The van der Waals surface area contributed by atoms with E-state index in [1.54, 1.807) is 4.90 Å². The van der Waals surface area contributed by atoms with E-state index in [0.29, 0.717) is 19.1 Å². The molecule has 1 rings (SSSR count). The molecule has 0 bridgehead atoms. The van der Waals surface area contributed by atoms with Gasteiger partial charge in [0.2, 0.25) is 0 Å². The van der Waals surface area contributed by atoms with Gasteiger partial charge in [-0.25, -0.2) is 0 Å². The van der Waals surface area contributed by atoms with Gasteiger partial charge in [0, 0.05) is 31.2 Å². The van der Waals surface area contributed by atoms with E-state index in [0.717, 1.165) is 17.9 Å². The number of likely N-dealkylation sites (N-methyl/N-ethyl adjacent to an activating group) is 1. The highest BCUT2D eigenvalue weighted by molar-refractivity contribution is 5.80. The molecule has 1 atom stereocenters. The molecule has 0 aliphatic carbocycles. The van der Waals surface area contributed by atoms with Gasteiger partial charge in [-0.05, 0) is 26.8 Å². The molecule has 0 heterocycles. The number of para-hydroxylation sites is 1. The van der Waals surface area contributed by atoms with Gasteiger partial charge in [-0.1, -0.05) is 32.0 Å². The van der Waals surface area contributed by atoms with Crippen molar-refractivity contribution >= 4 is 5.91 Å². The van der Waals surface area contributed by atoms with Gasteiger partial charge in [0.15, 0.2) is 6.10 Å². The van der Waals surface area contributed by atoms with Crippen LogP contribution in [0.1, 0.15) is 40.2 Å². The lowest BCUT2D eigenvalue weighted by molar-refractivity contribution is -0.137. The maximum absolute atomic E-state index is 12.3. The van der Waals surface area contributed by atoms with E-state index in [1.807, 2.05) is 45.0 Å². The standard InChI is InChI=1S/C17H28N2O2/c1-6-19(7-2)17(20)14(5)21-16-11-9-8-10-15(16)12-18-13(3)4/h8-11,13-14,18H,6-7,12H2,1-5H3. The van der Waals surface area contributed by atoms with Gasteiger partial charge < -0.3 is 15.0 Å². The van der Waals surface area contributed by atoms with Crippen LogP contribution in [-0.2, 0) is 11.3 Å². The van der Waals surface area contributed by atoms with Crippen LogP contribution >= 0.6 is 0 Å². The summed E-state index contributed by atoms with van der Waals surface area (Å²) >= 11 is 0. The first-order chi connectivity index (χ1) is 9.99. The quantitative estimate of drug-likeness (QED) is 0.801. The van der Waals surface area contributed by atoms with Gasteiger partial charge in [0.1, 0.15) is 5.75 Å². The Morgan fingerprint density at radius 1 is 1.19 bits per heavy atom. The Morgan fingerprint density at radius 2 is 1.81 bits per heavy atom. The van der Waals surface area contributed by atoms with Crippen LogP contribution in [-0.4, -0.2) is 36.0 Å².